The van der Waals surface area contributed by atoms with Crippen molar-refractivity contribution in [2.24, 2.45) is 5.16 Å². The van der Waals surface area contributed by atoms with Crippen molar-refractivity contribution in [1.29, 1.82) is 0 Å². The molecule has 0 aromatic heterocycles. The molecule has 1 heterocycles. The Morgan fingerprint density at radius 3 is 2.54 bits per heavy atom. The van der Waals surface area contributed by atoms with E-state index >= 15 is 0 Å². The molecular weight excluding hydrogens is 344 g/mol. The van der Waals surface area contributed by atoms with Gasteiger partial charge in [-0.25, -0.2) is 0 Å². The zero-order valence-electron chi connectivity index (χ0n) is 14.7. The van der Waals surface area contributed by atoms with Crippen molar-refractivity contribution < 1.29 is 5.21 Å². The second kappa shape index (κ2) is 7.26. The monoisotopic (exact) mass is 366 g/mol. The summed E-state index contributed by atoms with van der Waals surface area (Å²) in [4.78, 5) is 2.49. The summed E-state index contributed by atoms with van der Waals surface area (Å²) in [6.07, 6.45) is 7.46. The molecule has 26 heavy (non-hydrogen) atoms. The van der Waals surface area contributed by atoms with Crippen LogP contribution in [0.5, 0.6) is 0 Å². The lowest BCUT2D eigenvalue weighted by molar-refractivity contribution is 0.178. The molecule has 0 radical (unpaired) electrons. The molecule has 1 fully saturated rings. The maximum absolute atomic E-state index is 9.38. The summed E-state index contributed by atoms with van der Waals surface area (Å²) < 4.78 is 0. The van der Waals surface area contributed by atoms with Gasteiger partial charge in [-0.05, 0) is 49.2 Å². The van der Waals surface area contributed by atoms with Crippen LogP contribution in [0.3, 0.4) is 0 Å². The van der Waals surface area contributed by atoms with E-state index in [1.165, 1.54) is 11.1 Å². The summed E-state index contributed by atoms with van der Waals surface area (Å²) in [6, 6.07) is 16.3. The second-order valence-corrected chi connectivity index (χ2v) is 7.74. The van der Waals surface area contributed by atoms with E-state index in [1.807, 2.05) is 30.3 Å². The highest BCUT2D eigenvalue weighted by Crippen LogP contribution is 2.46. The van der Waals surface area contributed by atoms with E-state index in [-0.39, 0.29) is 5.41 Å². The van der Waals surface area contributed by atoms with E-state index in [9.17, 15) is 5.21 Å². The Kier molecular flexibility index (Phi) is 4.84. The fourth-order valence-corrected chi connectivity index (χ4v) is 4.44. The van der Waals surface area contributed by atoms with Gasteiger partial charge in [0.1, 0.15) is 0 Å². The number of benzene rings is 2. The maximum atomic E-state index is 9.38. The molecule has 0 unspecified atom stereocenters. The quantitative estimate of drug-likeness (QED) is 0.615. The third-order valence-corrected chi connectivity index (χ3v) is 6.04. The Morgan fingerprint density at radius 2 is 1.81 bits per heavy atom. The van der Waals surface area contributed by atoms with Crippen LogP contribution in [0.1, 0.15) is 36.0 Å². The molecule has 0 saturated carbocycles. The summed E-state index contributed by atoms with van der Waals surface area (Å²) in [5.74, 6) is 0. The molecule has 4 rings (SSSR count). The minimum Gasteiger partial charge on any atom is -0.411 e. The Morgan fingerprint density at radius 1 is 1.08 bits per heavy atom. The van der Waals surface area contributed by atoms with Crippen LogP contribution in [0.2, 0.25) is 5.02 Å². The summed E-state index contributed by atoms with van der Waals surface area (Å²) in [5, 5.41) is 13.7. The number of likely N-dealkylation sites (tertiary alicyclic amines) is 1. The van der Waals surface area contributed by atoms with Crippen LogP contribution in [0.4, 0.5) is 0 Å². The molecule has 1 saturated heterocycles. The topological polar surface area (TPSA) is 35.8 Å². The first kappa shape index (κ1) is 17.3. The molecule has 1 aliphatic heterocycles. The molecule has 1 aliphatic carbocycles. The average Bonchev–Trinajstić information content (AvgIpc) is 2.99. The fraction of sp³-hybridized carbons (Fsp3) is 0.318. The van der Waals surface area contributed by atoms with Crippen molar-refractivity contribution in [1.82, 2.24) is 4.90 Å². The number of hydrogen-bond acceptors (Lipinski definition) is 3. The Hall–Kier alpha value is -2.10. The number of nitrogens with zero attached hydrogens (tertiary/aromatic N) is 2. The van der Waals surface area contributed by atoms with Crippen LogP contribution >= 0.6 is 11.6 Å². The van der Waals surface area contributed by atoms with Gasteiger partial charge in [0.15, 0.2) is 0 Å². The molecule has 2 aromatic carbocycles. The molecular formula is C22H23ClN2O. The largest absolute Gasteiger partial charge is 0.411 e. The van der Waals surface area contributed by atoms with Crippen LogP contribution in [-0.4, -0.2) is 35.5 Å². The maximum Gasteiger partial charge on any atom is 0.0879 e. The zero-order valence-corrected chi connectivity index (χ0v) is 15.5. The standard InChI is InChI=1S/C22H23ClN2O/c23-18-9-7-17(8-10-18)4-3-13-25-14-11-22(12-15-25)16-21(24-26)19-5-1-2-6-20(19)22/h1-10,26H,11-16H2/b4-3+,24-21?. The normalized spacial score (nSPS) is 20.9. The predicted octanol–water partition coefficient (Wildman–Crippen LogP) is 4.97. The van der Waals surface area contributed by atoms with Gasteiger partial charge in [0.2, 0.25) is 0 Å². The lowest BCUT2D eigenvalue weighted by Gasteiger charge is -2.39. The van der Waals surface area contributed by atoms with Gasteiger partial charge in [0.05, 0.1) is 5.71 Å². The van der Waals surface area contributed by atoms with E-state index in [2.05, 4.69) is 40.4 Å². The second-order valence-electron chi connectivity index (χ2n) is 7.30. The van der Waals surface area contributed by atoms with Gasteiger partial charge in [-0.2, -0.15) is 0 Å². The molecule has 2 aromatic rings. The van der Waals surface area contributed by atoms with E-state index in [4.69, 9.17) is 11.6 Å². The first-order valence-electron chi connectivity index (χ1n) is 9.15. The van der Waals surface area contributed by atoms with Crippen molar-refractivity contribution in [2.45, 2.75) is 24.7 Å². The fourth-order valence-electron chi connectivity index (χ4n) is 4.32. The summed E-state index contributed by atoms with van der Waals surface area (Å²) in [5.41, 5.74) is 4.66. The van der Waals surface area contributed by atoms with E-state index in [0.717, 1.165) is 55.2 Å². The molecule has 0 bridgehead atoms. The highest BCUT2D eigenvalue weighted by atomic mass is 35.5. The number of piperidine rings is 1. The van der Waals surface area contributed by atoms with Gasteiger partial charge in [0.25, 0.3) is 0 Å². The van der Waals surface area contributed by atoms with Gasteiger partial charge in [0, 0.05) is 29.0 Å². The van der Waals surface area contributed by atoms with Crippen LogP contribution in [0, 0.1) is 0 Å². The molecule has 0 amide bonds. The van der Waals surface area contributed by atoms with Gasteiger partial charge < -0.3 is 5.21 Å². The molecule has 4 heteroatoms. The van der Waals surface area contributed by atoms with Gasteiger partial charge in [-0.1, -0.05) is 65.3 Å². The molecule has 1 spiro atoms. The first-order chi connectivity index (χ1) is 12.7. The van der Waals surface area contributed by atoms with Gasteiger partial charge >= 0.3 is 0 Å². The van der Waals surface area contributed by atoms with Crippen molar-refractivity contribution in [2.75, 3.05) is 19.6 Å². The Labute approximate surface area is 159 Å². The number of rotatable bonds is 3. The molecule has 3 nitrogen and oxygen atoms in total. The number of oxime groups is 1. The molecule has 1 N–H and O–H groups in total. The van der Waals surface area contributed by atoms with Crippen molar-refractivity contribution >= 4 is 23.4 Å². The summed E-state index contributed by atoms with van der Waals surface area (Å²) in [7, 11) is 0. The zero-order chi connectivity index (χ0) is 18.0. The van der Waals surface area contributed by atoms with Crippen molar-refractivity contribution in [3.05, 3.63) is 76.3 Å². The predicted molar refractivity (Wildman–Crippen MR) is 107 cm³/mol. The first-order valence-corrected chi connectivity index (χ1v) is 9.53. The highest BCUT2D eigenvalue weighted by Gasteiger charge is 2.43. The van der Waals surface area contributed by atoms with E-state index in [0.29, 0.717) is 0 Å². The van der Waals surface area contributed by atoms with Gasteiger partial charge in [-0.15, -0.1) is 0 Å². The van der Waals surface area contributed by atoms with Crippen LogP contribution in [0.15, 0.2) is 59.8 Å². The smallest absolute Gasteiger partial charge is 0.0879 e. The lowest BCUT2D eigenvalue weighted by atomic mass is 9.74. The average molecular weight is 367 g/mol. The Bertz CT molecular complexity index is 833. The third-order valence-electron chi connectivity index (χ3n) is 5.79. The number of halogens is 1. The van der Waals surface area contributed by atoms with Crippen LogP contribution < -0.4 is 0 Å². The van der Waals surface area contributed by atoms with Crippen molar-refractivity contribution in [3.8, 4) is 0 Å². The highest BCUT2D eigenvalue weighted by molar-refractivity contribution is 6.30. The number of hydrogen-bond donors (Lipinski definition) is 1. The van der Waals surface area contributed by atoms with E-state index < -0.39 is 0 Å². The van der Waals surface area contributed by atoms with E-state index in [1.54, 1.807) is 0 Å². The minimum atomic E-state index is 0.147. The summed E-state index contributed by atoms with van der Waals surface area (Å²) in [6.45, 7) is 3.09. The lowest BCUT2D eigenvalue weighted by Crippen LogP contribution is -2.41. The Balaban J connectivity index is 1.39. The SMILES string of the molecule is ON=C1CC2(CCN(C/C=C/c3ccc(Cl)cc3)CC2)c2ccccc21. The minimum absolute atomic E-state index is 0.147. The summed E-state index contributed by atoms with van der Waals surface area (Å²) >= 11 is 5.93. The molecule has 0 atom stereocenters. The molecule has 134 valence electrons. The van der Waals surface area contributed by atoms with Gasteiger partial charge in [-0.3, -0.25) is 4.90 Å². The van der Waals surface area contributed by atoms with Crippen molar-refractivity contribution in [3.63, 3.8) is 0 Å². The van der Waals surface area contributed by atoms with Crippen LogP contribution in [0.25, 0.3) is 6.08 Å². The number of fused-ring (bicyclic) bond motifs is 2. The van der Waals surface area contributed by atoms with Crippen LogP contribution in [-0.2, 0) is 5.41 Å². The third kappa shape index (κ3) is 3.29. The molecule has 2 aliphatic rings.